The Morgan fingerprint density at radius 3 is 2.21 bits per heavy atom. The van der Waals surface area contributed by atoms with Gasteiger partial charge in [-0.05, 0) is 44.9 Å². The molecule has 0 aromatic rings. The lowest BCUT2D eigenvalue weighted by Crippen LogP contribution is -2.07. The van der Waals surface area contributed by atoms with Gasteiger partial charge in [-0.25, -0.2) is 4.79 Å². The largest absolute Gasteiger partial charge is 0.425 e. The molecule has 134 valence electrons. The second-order valence-electron chi connectivity index (χ2n) is 6.23. The van der Waals surface area contributed by atoms with Gasteiger partial charge < -0.3 is 9.84 Å². The summed E-state index contributed by atoms with van der Waals surface area (Å²) in [6.07, 6.45) is 21.2. The summed E-state index contributed by atoms with van der Waals surface area (Å²) in [4.78, 5) is 11.4. The molecule has 0 spiro atoms. The van der Waals surface area contributed by atoms with E-state index in [2.05, 4.69) is 37.8 Å². The highest BCUT2D eigenvalue weighted by Gasteiger charge is 2.32. The first kappa shape index (κ1) is 20.4. The van der Waals surface area contributed by atoms with Crippen LogP contribution in [-0.4, -0.2) is 17.2 Å². The van der Waals surface area contributed by atoms with Crippen LogP contribution in [0.15, 0.2) is 48.3 Å². The zero-order valence-corrected chi connectivity index (χ0v) is 15.0. The summed E-state index contributed by atoms with van der Waals surface area (Å²) in [5.41, 5.74) is 0.339. The van der Waals surface area contributed by atoms with Crippen molar-refractivity contribution in [1.82, 2.24) is 0 Å². The minimum Gasteiger partial charge on any atom is -0.425 e. The summed E-state index contributed by atoms with van der Waals surface area (Å²) in [6.45, 7) is 5.74. The van der Waals surface area contributed by atoms with Crippen molar-refractivity contribution in [2.75, 3.05) is 0 Å². The quantitative estimate of drug-likeness (QED) is 0.226. The fraction of sp³-hybridized carbons (Fsp3) is 0.571. The number of allylic oxidation sites excluding steroid dienone is 5. The summed E-state index contributed by atoms with van der Waals surface area (Å²) in [5, 5.41) is 9.70. The van der Waals surface area contributed by atoms with Gasteiger partial charge in [-0.1, -0.05) is 63.1 Å². The fourth-order valence-corrected chi connectivity index (χ4v) is 2.57. The molecule has 0 bridgehead atoms. The lowest BCUT2D eigenvalue weighted by molar-refractivity contribution is -0.132. The Morgan fingerprint density at radius 2 is 1.62 bits per heavy atom. The minimum atomic E-state index is -0.949. The third kappa shape index (κ3) is 8.30. The standard InChI is InChI=1S/C21H32O3/c1-3-4-5-6-7-8-9-10-11-12-13-14-15-16-17-19-20(22)18(2)24-21(19)23/h7-8,10-11,17,20,22H,2-6,9,12-16H2,1H3/b8-7-,11-10-,19-17?/t20-/m0/s1. The number of carbonyl (C=O) groups excluding carboxylic acids is 1. The van der Waals surface area contributed by atoms with Crippen molar-refractivity contribution in [2.45, 2.75) is 77.2 Å². The van der Waals surface area contributed by atoms with E-state index in [0.717, 1.165) is 38.5 Å². The first-order valence-electron chi connectivity index (χ1n) is 9.26. The lowest BCUT2D eigenvalue weighted by atomic mass is 10.1. The van der Waals surface area contributed by atoms with E-state index in [0.29, 0.717) is 5.57 Å². The zero-order valence-electron chi connectivity index (χ0n) is 15.0. The number of ether oxygens (including phenoxy) is 1. The van der Waals surface area contributed by atoms with Gasteiger partial charge in [0.1, 0.15) is 11.9 Å². The number of hydrogen-bond acceptors (Lipinski definition) is 3. The smallest absolute Gasteiger partial charge is 0.341 e. The molecule has 1 heterocycles. The Morgan fingerprint density at radius 1 is 1.00 bits per heavy atom. The normalized spacial score (nSPS) is 19.9. The molecule has 1 N–H and O–H groups in total. The zero-order chi connectivity index (χ0) is 17.6. The van der Waals surface area contributed by atoms with Crippen LogP contribution in [0.4, 0.5) is 0 Å². The van der Waals surface area contributed by atoms with Gasteiger partial charge in [0.05, 0.1) is 5.57 Å². The number of hydrogen-bond donors (Lipinski definition) is 1. The first-order valence-corrected chi connectivity index (χ1v) is 9.26. The Hall–Kier alpha value is -1.61. The van der Waals surface area contributed by atoms with Crippen LogP contribution in [0.25, 0.3) is 0 Å². The predicted octanol–water partition coefficient (Wildman–Crippen LogP) is 5.38. The molecule has 3 heteroatoms. The highest BCUT2D eigenvalue weighted by atomic mass is 16.6. The number of rotatable bonds is 12. The molecular formula is C21H32O3. The highest BCUT2D eigenvalue weighted by Crippen LogP contribution is 2.23. The highest BCUT2D eigenvalue weighted by molar-refractivity contribution is 5.93. The van der Waals surface area contributed by atoms with E-state index in [1.54, 1.807) is 6.08 Å². The Bertz CT molecular complexity index is 471. The van der Waals surface area contributed by atoms with Crippen molar-refractivity contribution >= 4 is 5.97 Å². The molecule has 0 amide bonds. The number of aliphatic hydroxyl groups excluding tert-OH is 1. The third-order valence-electron chi connectivity index (χ3n) is 4.08. The van der Waals surface area contributed by atoms with Crippen LogP contribution in [0.2, 0.25) is 0 Å². The van der Waals surface area contributed by atoms with E-state index < -0.39 is 12.1 Å². The van der Waals surface area contributed by atoms with Crippen molar-refractivity contribution < 1.29 is 14.6 Å². The topological polar surface area (TPSA) is 46.5 Å². The van der Waals surface area contributed by atoms with Crippen molar-refractivity contribution in [3.63, 3.8) is 0 Å². The molecule has 1 aliphatic heterocycles. The maximum absolute atomic E-state index is 11.4. The van der Waals surface area contributed by atoms with Crippen molar-refractivity contribution in [3.8, 4) is 0 Å². The Labute approximate surface area is 146 Å². The molecule has 1 atom stereocenters. The van der Waals surface area contributed by atoms with Gasteiger partial charge in [0, 0.05) is 0 Å². The molecule has 1 aliphatic rings. The Kier molecular flexibility index (Phi) is 10.9. The van der Waals surface area contributed by atoms with Crippen LogP contribution < -0.4 is 0 Å². The molecule has 1 saturated heterocycles. The molecule has 0 aromatic heterocycles. The van der Waals surface area contributed by atoms with E-state index >= 15 is 0 Å². The molecular weight excluding hydrogens is 300 g/mol. The van der Waals surface area contributed by atoms with Gasteiger partial charge in [0.15, 0.2) is 0 Å². The number of cyclic esters (lactones) is 1. The number of esters is 1. The number of aliphatic hydroxyl groups is 1. The van der Waals surface area contributed by atoms with Crippen LogP contribution in [0, 0.1) is 0 Å². The summed E-state index contributed by atoms with van der Waals surface area (Å²) in [7, 11) is 0. The van der Waals surface area contributed by atoms with Crippen LogP contribution in [0.1, 0.15) is 71.1 Å². The SMILES string of the molecule is C=C1OC(=O)C(=CCCCCC/C=C\C/C=C\CCCCC)[C@H]1O. The molecule has 0 radical (unpaired) electrons. The minimum absolute atomic E-state index is 0.135. The molecule has 3 nitrogen and oxygen atoms in total. The maximum atomic E-state index is 11.4. The Balaban J connectivity index is 2.00. The van der Waals surface area contributed by atoms with Crippen molar-refractivity contribution in [3.05, 3.63) is 48.3 Å². The van der Waals surface area contributed by atoms with Gasteiger partial charge in [-0.3, -0.25) is 0 Å². The van der Waals surface area contributed by atoms with E-state index in [-0.39, 0.29) is 5.76 Å². The lowest BCUT2D eigenvalue weighted by Gasteiger charge is -1.99. The average Bonchev–Trinajstić information content (AvgIpc) is 2.81. The molecule has 0 aromatic carbocycles. The maximum Gasteiger partial charge on any atom is 0.341 e. The average molecular weight is 332 g/mol. The molecule has 1 rings (SSSR count). The van der Waals surface area contributed by atoms with E-state index in [9.17, 15) is 9.90 Å². The fourth-order valence-electron chi connectivity index (χ4n) is 2.57. The van der Waals surface area contributed by atoms with Crippen LogP contribution >= 0.6 is 0 Å². The molecule has 1 fully saturated rings. The molecule has 24 heavy (non-hydrogen) atoms. The van der Waals surface area contributed by atoms with Gasteiger partial charge in [0.2, 0.25) is 0 Å². The van der Waals surface area contributed by atoms with Gasteiger partial charge in [0.25, 0.3) is 0 Å². The summed E-state index contributed by atoms with van der Waals surface area (Å²) >= 11 is 0. The van der Waals surface area contributed by atoms with E-state index in [1.165, 1.54) is 25.7 Å². The van der Waals surface area contributed by atoms with Crippen molar-refractivity contribution in [1.29, 1.82) is 0 Å². The van der Waals surface area contributed by atoms with Gasteiger partial charge >= 0.3 is 5.97 Å². The monoisotopic (exact) mass is 332 g/mol. The second kappa shape index (κ2) is 12.8. The molecule has 0 unspecified atom stereocenters. The van der Waals surface area contributed by atoms with Crippen molar-refractivity contribution in [2.24, 2.45) is 0 Å². The van der Waals surface area contributed by atoms with Crippen LogP contribution in [0.5, 0.6) is 0 Å². The van der Waals surface area contributed by atoms with Gasteiger partial charge in [-0.15, -0.1) is 0 Å². The van der Waals surface area contributed by atoms with E-state index in [4.69, 9.17) is 4.74 Å². The number of carbonyl (C=O) groups is 1. The third-order valence-corrected chi connectivity index (χ3v) is 4.08. The first-order chi connectivity index (χ1) is 11.7. The summed E-state index contributed by atoms with van der Waals surface area (Å²) in [6, 6.07) is 0. The summed E-state index contributed by atoms with van der Waals surface area (Å²) < 4.78 is 4.79. The molecule has 0 aliphatic carbocycles. The molecule has 0 saturated carbocycles. The van der Waals surface area contributed by atoms with Crippen LogP contribution in [-0.2, 0) is 9.53 Å². The second-order valence-corrected chi connectivity index (χ2v) is 6.23. The van der Waals surface area contributed by atoms with Crippen LogP contribution in [0.3, 0.4) is 0 Å². The van der Waals surface area contributed by atoms with Gasteiger partial charge in [-0.2, -0.15) is 0 Å². The predicted molar refractivity (Wildman–Crippen MR) is 99.4 cm³/mol. The summed E-state index contributed by atoms with van der Waals surface area (Å²) in [5.74, 6) is -0.325. The number of unbranched alkanes of at least 4 members (excludes halogenated alkanes) is 7. The van der Waals surface area contributed by atoms with E-state index in [1.807, 2.05) is 0 Å².